The maximum atomic E-state index is 14.0. The smallest absolute Gasteiger partial charge is 0.193 e. The monoisotopic (exact) mass is 511 g/mol. The lowest BCUT2D eigenvalue weighted by atomic mass is 9.79. The van der Waals surface area contributed by atoms with Crippen LogP contribution in [0.4, 0.5) is 0 Å². The van der Waals surface area contributed by atoms with Gasteiger partial charge in [-0.25, -0.2) is 0 Å². The molecule has 1 N–H and O–H groups in total. The number of carbonyl (C=O) groups excluding carboxylic acids is 1. The van der Waals surface area contributed by atoms with Crippen molar-refractivity contribution < 1.29 is 19.0 Å². The molecule has 0 spiro atoms. The van der Waals surface area contributed by atoms with Crippen molar-refractivity contribution in [3.63, 3.8) is 0 Å². The van der Waals surface area contributed by atoms with Crippen molar-refractivity contribution in [3.05, 3.63) is 89.0 Å². The van der Waals surface area contributed by atoms with Crippen LogP contribution in [0.2, 0.25) is 0 Å². The average Bonchev–Trinajstić information content (AvgIpc) is 2.96. The van der Waals surface area contributed by atoms with E-state index in [9.17, 15) is 4.79 Å². The molecule has 0 fully saturated rings. The number of rotatable bonds is 13. The predicted molar refractivity (Wildman–Crippen MR) is 154 cm³/mol. The van der Waals surface area contributed by atoms with E-state index in [4.69, 9.17) is 19.6 Å². The number of ketones is 1. The molecule has 1 aliphatic carbocycles. The van der Waals surface area contributed by atoms with E-state index in [0.29, 0.717) is 24.3 Å². The number of Topliss-reactive ketones (excluding diaryl/α,β-unsaturated/α-hetero) is 1. The van der Waals surface area contributed by atoms with E-state index in [1.807, 2.05) is 66.7 Å². The number of benzene rings is 3. The highest BCUT2D eigenvalue weighted by Gasteiger charge is 2.26. The predicted octanol–water partition coefficient (Wildman–Crippen LogP) is 7.81. The highest BCUT2D eigenvalue weighted by atomic mass is 16.5. The molecule has 0 aromatic heterocycles. The second-order valence-corrected chi connectivity index (χ2v) is 9.62. The Morgan fingerprint density at radius 2 is 1.50 bits per heavy atom. The number of methoxy groups -OCH3 is 2. The SMILES string of the molecule is CCCCCC(=N)CCOc1ccc(C(=O)C2=C(c3ccc(OC)cc3)CCc3cc(OC)ccc32)cc1. The van der Waals surface area contributed by atoms with E-state index in [0.717, 1.165) is 83.6 Å². The van der Waals surface area contributed by atoms with Crippen molar-refractivity contribution >= 4 is 22.6 Å². The molecular weight excluding hydrogens is 474 g/mol. The van der Waals surface area contributed by atoms with Gasteiger partial charge in [0.2, 0.25) is 0 Å². The Morgan fingerprint density at radius 3 is 2.18 bits per heavy atom. The van der Waals surface area contributed by atoms with Gasteiger partial charge in [0, 0.05) is 23.3 Å². The van der Waals surface area contributed by atoms with E-state index in [2.05, 4.69) is 6.92 Å². The largest absolute Gasteiger partial charge is 0.497 e. The third-order valence-electron chi connectivity index (χ3n) is 7.06. The molecule has 3 aromatic rings. The van der Waals surface area contributed by atoms with Crippen LogP contribution < -0.4 is 14.2 Å². The fourth-order valence-corrected chi connectivity index (χ4v) is 4.89. The lowest BCUT2D eigenvalue weighted by Gasteiger charge is -2.24. The van der Waals surface area contributed by atoms with Crippen molar-refractivity contribution in [1.29, 1.82) is 5.41 Å². The number of hydrogen-bond donors (Lipinski definition) is 1. The summed E-state index contributed by atoms with van der Waals surface area (Å²) in [5.74, 6) is 2.28. The standard InChI is InChI=1S/C33H37NO4/c1-4-5-6-7-26(34)20-21-38-28-15-10-24(11-16-28)33(35)32-30(23-8-13-27(36-2)14-9-23)18-12-25-22-29(37-3)17-19-31(25)32/h8-11,13-17,19,22,34H,4-7,12,18,20-21H2,1-3H3. The fraction of sp³-hybridized carbons (Fsp3) is 0.333. The Kier molecular flexibility index (Phi) is 9.36. The number of unbranched alkanes of at least 4 members (excludes halogenated alkanes) is 2. The number of carbonyl (C=O) groups is 1. The maximum Gasteiger partial charge on any atom is 0.193 e. The van der Waals surface area contributed by atoms with Crippen LogP contribution in [0.25, 0.3) is 11.1 Å². The van der Waals surface area contributed by atoms with Crippen LogP contribution >= 0.6 is 0 Å². The van der Waals surface area contributed by atoms with Gasteiger partial charge in [0.25, 0.3) is 0 Å². The summed E-state index contributed by atoms with van der Waals surface area (Å²) < 4.78 is 16.6. The van der Waals surface area contributed by atoms with E-state index in [1.165, 1.54) is 0 Å². The summed E-state index contributed by atoms with van der Waals surface area (Å²) in [4.78, 5) is 14.0. The Bertz CT molecular complexity index is 1290. The van der Waals surface area contributed by atoms with Crippen LogP contribution in [-0.4, -0.2) is 32.3 Å². The van der Waals surface area contributed by atoms with Crippen molar-refractivity contribution in [2.24, 2.45) is 0 Å². The molecular formula is C33H37NO4. The summed E-state index contributed by atoms with van der Waals surface area (Å²) in [6.07, 6.45) is 6.45. The Hall–Kier alpha value is -3.86. The summed E-state index contributed by atoms with van der Waals surface area (Å²) in [6.45, 7) is 2.64. The zero-order valence-electron chi connectivity index (χ0n) is 22.6. The summed E-state index contributed by atoms with van der Waals surface area (Å²) >= 11 is 0. The van der Waals surface area contributed by atoms with E-state index >= 15 is 0 Å². The van der Waals surface area contributed by atoms with Gasteiger partial charge in [-0.2, -0.15) is 0 Å². The maximum absolute atomic E-state index is 14.0. The Morgan fingerprint density at radius 1 is 0.816 bits per heavy atom. The number of nitrogens with one attached hydrogen (secondary N) is 1. The zero-order valence-corrected chi connectivity index (χ0v) is 22.6. The molecule has 0 bridgehead atoms. The fourth-order valence-electron chi connectivity index (χ4n) is 4.89. The molecule has 0 aliphatic heterocycles. The lowest BCUT2D eigenvalue weighted by molar-refractivity contribution is 0.105. The van der Waals surface area contributed by atoms with Gasteiger partial charge < -0.3 is 19.6 Å². The van der Waals surface area contributed by atoms with Crippen LogP contribution in [0.5, 0.6) is 17.2 Å². The van der Waals surface area contributed by atoms with Crippen molar-refractivity contribution in [1.82, 2.24) is 0 Å². The van der Waals surface area contributed by atoms with Crippen LogP contribution in [0.1, 0.15) is 72.5 Å². The molecule has 38 heavy (non-hydrogen) atoms. The summed E-state index contributed by atoms with van der Waals surface area (Å²) in [5, 5.41) is 8.09. The van der Waals surface area contributed by atoms with Gasteiger partial charge in [-0.1, -0.05) is 38.0 Å². The lowest BCUT2D eigenvalue weighted by Crippen LogP contribution is -2.13. The van der Waals surface area contributed by atoms with Crippen LogP contribution in [0.3, 0.4) is 0 Å². The topological polar surface area (TPSA) is 68.6 Å². The van der Waals surface area contributed by atoms with Gasteiger partial charge in [0.1, 0.15) is 17.2 Å². The first kappa shape index (κ1) is 27.2. The van der Waals surface area contributed by atoms with Crippen LogP contribution in [0, 0.1) is 5.41 Å². The minimum absolute atomic E-state index is 0.00816. The molecule has 0 atom stereocenters. The Labute approximate surface area is 226 Å². The first-order valence-electron chi connectivity index (χ1n) is 13.4. The molecule has 5 heteroatoms. The van der Waals surface area contributed by atoms with E-state index in [-0.39, 0.29) is 5.78 Å². The molecule has 0 saturated heterocycles. The number of allylic oxidation sites excluding steroid dienone is 2. The molecule has 3 aromatic carbocycles. The second-order valence-electron chi connectivity index (χ2n) is 9.62. The van der Waals surface area contributed by atoms with Gasteiger partial charge >= 0.3 is 0 Å². The third-order valence-corrected chi connectivity index (χ3v) is 7.06. The van der Waals surface area contributed by atoms with Gasteiger partial charge in [-0.3, -0.25) is 4.79 Å². The van der Waals surface area contributed by atoms with E-state index < -0.39 is 0 Å². The minimum Gasteiger partial charge on any atom is -0.497 e. The third kappa shape index (κ3) is 6.52. The highest BCUT2D eigenvalue weighted by Crippen LogP contribution is 2.40. The van der Waals surface area contributed by atoms with Crippen LogP contribution in [-0.2, 0) is 6.42 Å². The molecule has 4 rings (SSSR count). The highest BCUT2D eigenvalue weighted by molar-refractivity contribution is 6.35. The number of hydrogen-bond acceptors (Lipinski definition) is 5. The number of aryl methyl sites for hydroxylation is 1. The minimum atomic E-state index is -0.00816. The van der Waals surface area contributed by atoms with Gasteiger partial charge in [-0.05, 0) is 96.5 Å². The molecule has 0 heterocycles. The normalized spacial score (nSPS) is 12.6. The number of fused-ring (bicyclic) bond motifs is 1. The molecule has 0 unspecified atom stereocenters. The zero-order chi connectivity index (χ0) is 26.9. The molecule has 0 amide bonds. The first-order valence-corrected chi connectivity index (χ1v) is 13.4. The summed E-state index contributed by atoms with van der Waals surface area (Å²) in [6, 6.07) is 21.2. The Balaban J connectivity index is 1.56. The summed E-state index contributed by atoms with van der Waals surface area (Å²) in [7, 11) is 3.31. The molecule has 0 saturated carbocycles. The van der Waals surface area contributed by atoms with E-state index in [1.54, 1.807) is 14.2 Å². The second kappa shape index (κ2) is 13.1. The first-order chi connectivity index (χ1) is 18.5. The molecule has 1 aliphatic rings. The van der Waals surface area contributed by atoms with Crippen molar-refractivity contribution in [3.8, 4) is 17.2 Å². The van der Waals surface area contributed by atoms with Gasteiger partial charge in [0.05, 0.1) is 20.8 Å². The average molecular weight is 512 g/mol. The van der Waals surface area contributed by atoms with Crippen LogP contribution in [0.15, 0.2) is 66.7 Å². The molecule has 5 nitrogen and oxygen atoms in total. The van der Waals surface area contributed by atoms with Gasteiger partial charge in [-0.15, -0.1) is 0 Å². The molecule has 198 valence electrons. The summed E-state index contributed by atoms with van der Waals surface area (Å²) in [5.41, 5.74) is 6.22. The number of ether oxygens (including phenoxy) is 3. The quantitative estimate of drug-likeness (QED) is 0.144. The molecule has 0 radical (unpaired) electrons. The van der Waals surface area contributed by atoms with Crippen molar-refractivity contribution in [2.75, 3.05) is 20.8 Å². The van der Waals surface area contributed by atoms with Crippen molar-refractivity contribution in [2.45, 2.75) is 51.9 Å². The van der Waals surface area contributed by atoms with Gasteiger partial charge in [0.15, 0.2) is 5.78 Å².